The fraction of sp³-hybridized carbons (Fsp3) is 0.600. The molecule has 82 valence electrons. The third kappa shape index (κ3) is 2.56. The van der Waals surface area contributed by atoms with Crippen LogP contribution in [0.5, 0.6) is 0 Å². The Balaban J connectivity index is 1.80. The number of nitrogens with one attached hydrogen (secondary N) is 1. The zero-order valence-electron chi connectivity index (χ0n) is 8.66. The number of hydrogen-bond donors (Lipinski definition) is 1. The van der Waals surface area contributed by atoms with E-state index in [0.29, 0.717) is 19.0 Å². The van der Waals surface area contributed by atoms with E-state index in [4.69, 9.17) is 9.15 Å². The van der Waals surface area contributed by atoms with E-state index < -0.39 is 0 Å². The lowest BCUT2D eigenvalue weighted by molar-refractivity contribution is -0.130. The molecule has 0 spiro atoms. The van der Waals surface area contributed by atoms with E-state index >= 15 is 0 Å². The van der Waals surface area contributed by atoms with Crippen LogP contribution in [-0.2, 0) is 16.1 Å². The van der Waals surface area contributed by atoms with Crippen molar-refractivity contribution in [1.29, 1.82) is 0 Å². The minimum absolute atomic E-state index is 0.0619. The lowest BCUT2D eigenvalue weighted by Crippen LogP contribution is -2.33. The van der Waals surface area contributed by atoms with Gasteiger partial charge in [0.05, 0.1) is 12.2 Å². The highest BCUT2D eigenvalue weighted by molar-refractivity contribution is 5.80. The molecular formula is C10H14N2O3. The summed E-state index contributed by atoms with van der Waals surface area (Å²) >= 11 is 0. The van der Waals surface area contributed by atoms with Gasteiger partial charge in [-0.25, -0.2) is 4.98 Å². The van der Waals surface area contributed by atoms with Crippen LogP contribution in [0.4, 0.5) is 0 Å². The Kier molecular flexibility index (Phi) is 3.01. The zero-order chi connectivity index (χ0) is 10.7. The molecule has 1 fully saturated rings. The highest BCUT2D eigenvalue weighted by Gasteiger charge is 2.23. The average Bonchev–Trinajstić information content (AvgIpc) is 2.84. The predicted octanol–water partition coefficient (Wildman–Crippen LogP) is 0.778. The predicted molar refractivity (Wildman–Crippen MR) is 52.1 cm³/mol. The maximum Gasteiger partial charge on any atom is 0.249 e. The molecule has 0 radical (unpaired) electrons. The molecular weight excluding hydrogens is 196 g/mol. The molecule has 0 aromatic carbocycles. The van der Waals surface area contributed by atoms with Gasteiger partial charge in [-0.3, -0.25) is 4.79 Å². The molecule has 1 aromatic rings. The van der Waals surface area contributed by atoms with E-state index in [1.165, 1.54) is 0 Å². The summed E-state index contributed by atoms with van der Waals surface area (Å²) in [6.07, 6.45) is 3.04. The van der Waals surface area contributed by atoms with Crippen LogP contribution < -0.4 is 5.32 Å². The second-order valence-electron chi connectivity index (χ2n) is 3.58. The molecule has 5 nitrogen and oxygen atoms in total. The number of rotatable bonds is 3. The normalized spacial score (nSPS) is 20.5. The van der Waals surface area contributed by atoms with E-state index in [1.54, 1.807) is 13.2 Å². The summed E-state index contributed by atoms with van der Waals surface area (Å²) in [5.41, 5.74) is 0.735. The molecule has 1 amide bonds. The molecule has 1 aliphatic heterocycles. The van der Waals surface area contributed by atoms with Crippen molar-refractivity contribution in [2.24, 2.45) is 0 Å². The van der Waals surface area contributed by atoms with Crippen molar-refractivity contribution in [3.63, 3.8) is 0 Å². The van der Waals surface area contributed by atoms with Crippen molar-refractivity contribution < 1.29 is 13.9 Å². The highest BCUT2D eigenvalue weighted by atomic mass is 16.5. The van der Waals surface area contributed by atoms with E-state index in [0.717, 1.165) is 18.5 Å². The largest absolute Gasteiger partial charge is 0.449 e. The van der Waals surface area contributed by atoms with Gasteiger partial charge < -0.3 is 14.5 Å². The fourth-order valence-electron chi connectivity index (χ4n) is 1.57. The lowest BCUT2D eigenvalue weighted by atomic mass is 10.2. The molecule has 0 bridgehead atoms. The Labute approximate surface area is 87.8 Å². The summed E-state index contributed by atoms with van der Waals surface area (Å²) in [6, 6.07) is 0. The number of ether oxygens (including phenoxy) is 1. The maximum absolute atomic E-state index is 11.5. The van der Waals surface area contributed by atoms with Gasteiger partial charge in [0, 0.05) is 13.5 Å². The summed E-state index contributed by atoms with van der Waals surface area (Å²) in [4.78, 5) is 15.6. The molecule has 2 heterocycles. The first-order chi connectivity index (χ1) is 7.25. The number of carbonyl (C=O) groups is 1. The first-order valence-corrected chi connectivity index (χ1v) is 5.06. The quantitative estimate of drug-likeness (QED) is 0.800. The Hall–Kier alpha value is -1.36. The van der Waals surface area contributed by atoms with E-state index in [9.17, 15) is 4.79 Å². The van der Waals surface area contributed by atoms with E-state index in [-0.39, 0.29) is 12.0 Å². The summed E-state index contributed by atoms with van der Waals surface area (Å²) in [5.74, 6) is 0.546. The van der Waals surface area contributed by atoms with Crippen LogP contribution in [0.3, 0.4) is 0 Å². The van der Waals surface area contributed by atoms with Crippen LogP contribution in [0.2, 0.25) is 0 Å². The number of aromatic nitrogens is 1. The molecule has 1 N–H and O–H groups in total. The van der Waals surface area contributed by atoms with Crippen molar-refractivity contribution in [3.8, 4) is 0 Å². The van der Waals surface area contributed by atoms with Gasteiger partial charge in [0.25, 0.3) is 0 Å². The van der Waals surface area contributed by atoms with Crippen LogP contribution in [-0.4, -0.2) is 23.6 Å². The maximum atomic E-state index is 11.5. The van der Waals surface area contributed by atoms with Gasteiger partial charge in [-0.1, -0.05) is 0 Å². The van der Waals surface area contributed by atoms with Gasteiger partial charge in [0.2, 0.25) is 5.91 Å². The van der Waals surface area contributed by atoms with E-state index in [1.807, 2.05) is 0 Å². The summed E-state index contributed by atoms with van der Waals surface area (Å²) < 4.78 is 10.3. The average molecular weight is 210 g/mol. The molecule has 1 unspecified atom stereocenters. The molecule has 15 heavy (non-hydrogen) atoms. The number of oxazole rings is 1. The van der Waals surface area contributed by atoms with Crippen molar-refractivity contribution >= 4 is 5.91 Å². The number of carbonyl (C=O) groups excluding carboxylic acids is 1. The molecule has 0 aliphatic carbocycles. The van der Waals surface area contributed by atoms with Gasteiger partial charge in [-0.05, 0) is 12.8 Å². The lowest BCUT2D eigenvalue weighted by Gasteiger charge is -2.08. The Morgan fingerprint density at radius 2 is 2.60 bits per heavy atom. The van der Waals surface area contributed by atoms with Crippen LogP contribution in [0.1, 0.15) is 24.4 Å². The number of hydrogen-bond acceptors (Lipinski definition) is 4. The first-order valence-electron chi connectivity index (χ1n) is 5.06. The molecule has 1 aromatic heterocycles. The van der Waals surface area contributed by atoms with Crippen molar-refractivity contribution in [2.75, 3.05) is 6.61 Å². The molecule has 0 saturated carbocycles. The zero-order valence-corrected chi connectivity index (χ0v) is 8.66. The first kappa shape index (κ1) is 10.2. The van der Waals surface area contributed by atoms with Crippen LogP contribution in [0.25, 0.3) is 0 Å². The third-order valence-corrected chi connectivity index (χ3v) is 2.33. The van der Waals surface area contributed by atoms with Crippen molar-refractivity contribution in [2.45, 2.75) is 32.4 Å². The minimum atomic E-state index is -0.280. The highest BCUT2D eigenvalue weighted by Crippen LogP contribution is 2.11. The van der Waals surface area contributed by atoms with Gasteiger partial charge >= 0.3 is 0 Å². The summed E-state index contributed by atoms with van der Waals surface area (Å²) in [5, 5.41) is 2.77. The molecule has 5 heteroatoms. The van der Waals surface area contributed by atoms with Crippen molar-refractivity contribution in [3.05, 3.63) is 17.8 Å². The van der Waals surface area contributed by atoms with Gasteiger partial charge in [-0.15, -0.1) is 0 Å². The number of nitrogens with zero attached hydrogens (tertiary/aromatic N) is 1. The third-order valence-electron chi connectivity index (χ3n) is 2.33. The fourth-order valence-corrected chi connectivity index (χ4v) is 1.57. The van der Waals surface area contributed by atoms with Crippen LogP contribution in [0.15, 0.2) is 10.7 Å². The molecule has 2 rings (SSSR count). The standard InChI is InChI=1S/C10H14N2O3/c1-7-12-8(6-15-7)5-11-10(13)9-3-2-4-14-9/h6,9H,2-5H2,1H3,(H,11,13). The molecule has 1 saturated heterocycles. The Morgan fingerprint density at radius 3 is 3.20 bits per heavy atom. The smallest absolute Gasteiger partial charge is 0.249 e. The Morgan fingerprint density at radius 1 is 1.73 bits per heavy atom. The van der Waals surface area contributed by atoms with Crippen LogP contribution >= 0.6 is 0 Å². The molecule has 1 atom stereocenters. The number of amides is 1. The van der Waals surface area contributed by atoms with E-state index in [2.05, 4.69) is 10.3 Å². The monoisotopic (exact) mass is 210 g/mol. The van der Waals surface area contributed by atoms with Gasteiger partial charge in [-0.2, -0.15) is 0 Å². The van der Waals surface area contributed by atoms with Crippen LogP contribution in [0, 0.1) is 6.92 Å². The second kappa shape index (κ2) is 4.44. The van der Waals surface area contributed by atoms with Crippen molar-refractivity contribution in [1.82, 2.24) is 10.3 Å². The van der Waals surface area contributed by atoms with Gasteiger partial charge in [0.1, 0.15) is 12.4 Å². The topological polar surface area (TPSA) is 64.4 Å². The number of aryl methyl sites for hydroxylation is 1. The summed E-state index contributed by atoms with van der Waals surface area (Å²) in [7, 11) is 0. The minimum Gasteiger partial charge on any atom is -0.449 e. The molecule has 1 aliphatic rings. The second-order valence-corrected chi connectivity index (χ2v) is 3.58. The SMILES string of the molecule is Cc1nc(CNC(=O)C2CCCO2)co1. The van der Waals surface area contributed by atoms with Gasteiger partial charge in [0.15, 0.2) is 5.89 Å². The Bertz CT molecular complexity index is 342. The summed E-state index contributed by atoms with van der Waals surface area (Å²) in [6.45, 7) is 2.85.